The summed E-state index contributed by atoms with van der Waals surface area (Å²) in [5, 5.41) is 0. The molecule has 0 N–H and O–H groups in total. The Bertz CT molecular complexity index is 293. The van der Waals surface area contributed by atoms with Gasteiger partial charge in [0, 0.05) is 39.0 Å². The number of carbonyl (C=O) groups is 2. The molecule has 19 heavy (non-hydrogen) atoms. The lowest BCUT2D eigenvalue weighted by Crippen LogP contribution is -2.26. The van der Waals surface area contributed by atoms with E-state index < -0.39 is 0 Å². The van der Waals surface area contributed by atoms with Crippen LogP contribution in [0.1, 0.15) is 38.5 Å². The molecule has 0 aromatic carbocycles. The molecule has 4 nitrogen and oxygen atoms in total. The van der Waals surface area contributed by atoms with Crippen LogP contribution < -0.4 is 0 Å². The van der Waals surface area contributed by atoms with Crippen LogP contribution in [0, 0.1) is 0 Å². The van der Waals surface area contributed by atoms with Crippen LogP contribution in [0.3, 0.4) is 0 Å². The van der Waals surface area contributed by atoms with E-state index in [2.05, 4.69) is 0 Å². The standard InChI is InChI=1S/C14H24N2O2S/c17-13-5-1-7-15(13)9-3-11-19-12-4-10-16-8-2-6-14(16)18/h1-12H2. The maximum Gasteiger partial charge on any atom is 0.222 e. The van der Waals surface area contributed by atoms with Gasteiger partial charge in [0.25, 0.3) is 0 Å². The van der Waals surface area contributed by atoms with Gasteiger partial charge in [0.05, 0.1) is 0 Å². The molecule has 0 radical (unpaired) electrons. The summed E-state index contributed by atoms with van der Waals surface area (Å²) >= 11 is 1.95. The summed E-state index contributed by atoms with van der Waals surface area (Å²) in [6.45, 7) is 3.77. The van der Waals surface area contributed by atoms with Gasteiger partial charge < -0.3 is 9.80 Å². The second-order valence-electron chi connectivity index (χ2n) is 5.29. The van der Waals surface area contributed by atoms with Gasteiger partial charge in [-0.1, -0.05) is 0 Å². The van der Waals surface area contributed by atoms with Gasteiger partial charge >= 0.3 is 0 Å². The van der Waals surface area contributed by atoms with Crippen molar-refractivity contribution in [2.75, 3.05) is 37.7 Å². The first-order valence-corrected chi connectivity index (χ1v) is 8.56. The zero-order valence-corrected chi connectivity index (χ0v) is 12.4. The second kappa shape index (κ2) is 7.78. The zero-order chi connectivity index (χ0) is 13.5. The predicted octanol–water partition coefficient (Wildman–Crippen LogP) is 1.74. The average Bonchev–Trinajstić information content (AvgIpc) is 2.98. The average molecular weight is 284 g/mol. The monoisotopic (exact) mass is 284 g/mol. The number of carbonyl (C=O) groups excluding carboxylic acids is 2. The maximum atomic E-state index is 11.4. The molecule has 0 unspecified atom stereocenters. The molecule has 0 saturated carbocycles. The molecule has 5 heteroatoms. The zero-order valence-electron chi connectivity index (χ0n) is 11.6. The lowest BCUT2D eigenvalue weighted by molar-refractivity contribution is -0.128. The summed E-state index contributed by atoms with van der Waals surface area (Å²) in [4.78, 5) is 26.8. The second-order valence-corrected chi connectivity index (χ2v) is 6.51. The molecular weight excluding hydrogens is 260 g/mol. The van der Waals surface area contributed by atoms with Crippen molar-refractivity contribution in [1.82, 2.24) is 9.80 Å². The molecule has 2 heterocycles. The van der Waals surface area contributed by atoms with E-state index in [1.165, 1.54) is 0 Å². The van der Waals surface area contributed by atoms with E-state index in [0.29, 0.717) is 11.8 Å². The molecule has 108 valence electrons. The van der Waals surface area contributed by atoms with E-state index in [0.717, 1.165) is 76.2 Å². The Hall–Kier alpha value is -0.710. The first-order valence-electron chi connectivity index (χ1n) is 7.40. The minimum Gasteiger partial charge on any atom is -0.343 e. The molecule has 2 fully saturated rings. The topological polar surface area (TPSA) is 40.6 Å². The van der Waals surface area contributed by atoms with Gasteiger partial charge in [-0.2, -0.15) is 11.8 Å². The third-order valence-electron chi connectivity index (χ3n) is 3.78. The number of rotatable bonds is 8. The summed E-state index contributed by atoms with van der Waals surface area (Å²) in [5.74, 6) is 2.91. The van der Waals surface area contributed by atoms with Crippen molar-refractivity contribution in [1.29, 1.82) is 0 Å². The van der Waals surface area contributed by atoms with Crippen LogP contribution in [-0.4, -0.2) is 59.3 Å². The Labute approximate surface area is 119 Å². The fourth-order valence-corrected chi connectivity index (χ4v) is 3.57. The molecule has 2 rings (SSSR count). The van der Waals surface area contributed by atoms with E-state index in [1.54, 1.807) is 0 Å². The first-order chi connectivity index (χ1) is 9.27. The van der Waals surface area contributed by atoms with Crippen LogP contribution in [0.5, 0.6) is 0 Å². The van der Waals surface area contributed by atoms with Gasteiger partial charge in [0.2, 0.25) is 11.8 Å². The molecule has 2 amide bonds. The number of nitrogens with zero attached hydrogens (tertiary/aromatic N) is 2. The number of hydrogen-bond acceptors (Lipinski definition) is 3. The summed E-state index contributed by atoms with van der Waals surface area (Å²) in [7, 11) is 0. The minimum atomic E-state index is 0.331. The van der Waals surface area contributed by atoms with Gasteiger partial charge in [-0.05, 0) is 37.2 Å². The molecule has 0 spiro atoms. The number of amides is 2. The Balaban J connectivity index is 1.42. The lowest BCUT2D eigenvalue weighted by atomic mass is 10.4. The third kappa shape index (κ3) is 4.71. The Morgan fingerprint density at radius 3 is 1.68 bits per heavy atom. The van der Waals surface area contributed by atoms with Crippen molar-refractivity contribution in [2.45, 2.75) is 38.5 Å². The van der Waals surface area contributed by atoms with E-state index in [1.807, 2.05) is 21.6 Å². The largest absolute Gasteiger partial charge is 0.343 e. The van der Waals surface area contributed by atoms with E-state index in [4.69, 9.17) is 0 Å². The quantitative estimate of drug-likeness (QED) is 0.638. The fourth-order valence-electron chi connectivity index (χ4n) is 2.70. The Morgan fingerprint density at radius 2 is 1.32 bits per heavy atom. The summed E-state index contributed by atoms with van der Waals surface area (Å²) in [5.41, 5.74) is 0. The van der Waals surface area contributed by atoms with Crippen molar-refractivity contribution < 1.29 is 9.59 Å². The van der Waals surface area contributed by atoms with Crippen LogP contribution in [0.25, 0.3) is 0 Å². The van der Waals surface area contributed by atoms with Crippen molar-refractivity contribution in [2.24, 2.45) is 0 Å². The Morgan fingerprint density at radius 1 is 0.842 bits per heavy atom. The third-order valence-corrected chi connectivity index (χ3v) is 4.93. The molecule has 2 saturated heterocycles. The van der Waals surface area contributed by atoms with Gasteiger partial charge in [-0.3, -0.25) is 9.59 Å². The van der Waals surface area contributed by atoms with Crippen LogP contribution >= 0.6 is 11.8 Å². The van der Waals surface area contributed by atoms with Crippen molar-refractivity contribution in [3.05, 3.63) is 0 Å². The summed E-state index contributed by atoms with van der Waals surface area (Å²) in [6.07, 6.45) is 5.76. The molecule has 0 atom stereocenters. The van der Waals surface area contributed by atoms with Gasteiger partial charge in [0.15, 0.2) is 0 Å². The number of hydrogen-bond donors (Lipinski definition) is 0. The maximum absolute atomic E-state index is 11.4. The van der Waals surface area contributed by atoms with Crippen molar-refractivity contribution in [3.8, 4) is 0 Å². The van der Waals surface area contributed by atoms with Gasteiger partial charge in [0.1, 0.15) is 0 Å². The summed E-state index contributed by atoms with van der Waals surface area (Å²) < 4.78 is 0. The van der Waals surface area contributed by atoms with Crippen LogP contribution in [0.15, 0.2) is 0 Å². The smallest absolute Gasteiger partial charge is 0.222 e. The number of thioether (sulfide) groups is 1. The lowest BCUT2D eigenvalue weighted by Gasteiger charge is -2.16. The highest BCUT2D eigenvalue weighted by atomic mass is 32.2. The number of likely N-dealkylation sites (tertiary alicyclic amines) is 2. The van der Waals surface area contributed by atoms with Gasteiger partial charge in [-0.15, -0.1) is 0 Å². The predicted molar refractivity (Wildman–Crippen MR) is 78.2 cm³/mol. The minimum absolute atomic E-state index is 0.331. The molecule has 0 aromatic heterocycles. The molecule has 0 bridgehead atoms. The fraction of sp³-hybridized carbons (Fsp3) is 0.857. The highest BCUT2D eigenvalue weighted by Gasteiger charge is 2.19. The summed E-state index contributed by atoms with van der Waals surface area (Å²) in [6, 6.07) is 0. The normalized spacial score (nSPS) is 19.8. The van der Waals surface area contributed by atoms with E-state index in [9.17, 15) is 9.59 Å². The van der Waals surface area contributed by atoms with Gasteiger partial charge in [-0.25, -0.2) is 0 Å². The van der Waals surface area contributed by atoms with E-state index >= 15 is 0 Å². The SMILES string of the molecule is O=C1CCCN1CCCSCCCN1CCCC1=O. The molecule has 2 aliphatic heterocycles. The molecule has 2 aliphatic rings. The highest BCUT2D eigenvalue weighted by molar-refractivity contribution is 7.99. The molecule has 0 aromatic rings. The highest BCUT2D eigenvalue weighted by Crippen LogP contribution is 2.13. The first kappa shape index (κ1) is 14.7. The van der Waals surface area contributed by atoms with Crippen molar-refractivity contribution >= 4 is 23.6 Å². The Kier molecular flexibility index (Phi) is 6.01. The van der Waals surface area contributed by atoms with Crippen LogP contribution in [-0.2, 0) is 9.59 Å². The van der Waals surface area contributed by atoms with Crippen LogP contribution in [0.4, 0.5) is 0 Å². The van der Waals surface area contributed by atoms with Crippen molar-refractivity contribution in [3.63, 3.8) is 0 Å². The van der Waals surface area contributed by atoms with E-state index in [-0.39, 0.29) is 0 Å². The molecular formula is C14H24N2O2S. The molecule has 0 aliphatic carbocycles. The van der Waals surface area contributed by atoms with Crippen LogP contribution in [0.2, 0.25) is 0 Å².